The predicted octanol–water partition coefficient (Wildman–Crippen LogP) is 2.78. The highest BCUT2D eigenvalue weighted by Crippen LogP contribution is 2.46. The van der Waals surface area contributed by atoms with Crippen LogP contribution in [0.25, 0.3) is 0 Å². The van der Waals surface area contributed by atoms with Crippen LogP contribution in [0.15, 0.2) is 24.3 Å². The Kier molecular flexibility index (Phi) is 10.7. The average Bonchev–Trinajstić information content (AvgIpc) is 2.44. The molecule has 0 aliphatic rings. The Hall–Kier alpha value is -1.55. The van der Waals surface area contributed by atoms with Gasteiger partial charge in [-0.3, -0.25) is 9.05 Å². The number of hydrogen-bond donors (Lipinski definition) is 1. The van der Waals surface area contributed by atoms with Crippen molar-refractivity contribution in [3.8, 4) is 0 Å². The number of carbonyl (C=O) groups is 2. The molecule has 0 heterocycles. The summed E-state index contributed by atoms with van der Waals surface area (Å²) in [6, 6.07) is 0. The van der Waals surface area contributed by atoms with E-state index in [0.29, 0.717) is 0 Å². The normalized spacial score (nSPS) is 17.7. The molecule has 11 heteroatoms. The van der Waals surface area contributed by atoms with Gasteiger partial charge in [-0.05, 0) is 41.5 Å². The molecule has 10 nitrogen and oxygen atoms in total. The first-order chi connectivity index (χ1) is 12.2. The fraction of sp³-hybridized carbons (Fsp3) is 0.625. The summed E-state index contributed by atoms with van der Waals surface area (Å²) in [4.78, 5) is 32.4. The van der Waals surface area contributed by atoms with E-state index in [1.165, 1.54) is 41.5 Å². The van der Waals surface area contributed by atoms with Crippen molar-refractivity contribution in [1.29, 1.82) is 0 Å². The van der Waals surface area contributed by atoms with Gasteiger partial charge in [0.15, 0.2) is 12.6 Å². The van der Waals surface area contributed by atoms with Gasteiger partial charge in [0.05, 0.1) is 0 Å². The molecule has 0 saturated carbocycles. The molecule has 0 radical (unpaired) electrons. The van der Waals surface area contributed by atoms with Crippen molar-refractivity contribution < 1.29 is 47.0 Å². The van der Waals surface area contributed by atoms with E-state index in [9.17, 15) is 19.0 Å². The first-order valence-electron chi connectivity index (χ1n) is 7.97. The zero-order valence-corrected chi connectivity index (χ0v) is 17.2. The number of ether oxygens (including phenoxy) is 4. The molecular formula is C16H27O10P. The third-order valence-electron chi connectivity index (χ3n) is 2.57. The van der Waals surface area contributed by atoms with Crippen LogP contribution >= 0.6 is 7.82 Å². The van der Waals surface area contributed by atoms with Gasteiger partial charge >= 0.3 is 19.8 Å². The molecule has 0 rings (SSSR count). The zero-order chi connectivity index (χ0) is 21.4. The zero-order valence-electron chi connectivity index (χ0n) is 16.3. The molecule has 0 aromatic rings. The van der Waals surface area contributed by atoms with E-state index in [4.69, 9.17) is 28.0 Å². The lowest BCUT2D eigenvalue weighted by atomic mass is 10.4. The van der Waals surface area contributed by atoms with Gasteiger partial charge in [0.1, 0.15) is 0 Å². The van der Waals surface area contributed by atoms with Crippen molar-refractivity contribution in [2.75, 3.05) is 0 Å². The average molecular weight is 410 g/mol. The summed E-state index contributed by atoms with van der Waals surface area (Å²) >= 11 is 0. The van der Waals surface area contributed by atoms with Crippen LogP contribution < -0.4 is 0 Å². The molecule has 0 saturated heterocycles. The van der Waals surface area contributed by atoms with Gasteiger partial charge < -0.3 is 23.8 Å². The fourth-order valence-electron chi connectivity index (χ4n) is 1.55. The summed E-state index contributed by atoms with van der Waals surface area (Å²) in [5, 5.41) is 0. The highest BCUT2D eigenvalue weighted by atomic mass is 31.2. The smallest absolute Gasteiger partial charge is 0.433 e. The molecule has 27 heavy (non-hydrogen) atoms. The van der Waals surface area contributed by atoms with Crippen LogP contribution in [0.3, 0.4) is 0 Å². The van der Waals surface area contributed by atoms with Crippen molar-refractivity contribution in [1.82, 2.24) is 0 Å². The number of rotatable bonds is 12. The van der Waals surface area contributed by atoms with Gasteiger partial charge in [-0.25, -0.2) is 14.2 Å². The predicted molar refractivity (Wildman–Crippen MR) is 93.8 cm³/mol. The lowest BCUT2D eigenvalue weighted by molar-refractivity contribution is -0.220. The minimum absolute atomic E-state index is 0.169. The van der Waals surface area contributed by atoms with Crippen LogP contribution in [0, 0.1) is 0 Å². The van der Waals surface area contributed by atoms with Crippen molar-refractivity contribution >= 4 is 19.8 Å². The first-order valence-corrected chi connectivity index (χ1v) is 9.46. The Bertz CT molecular complexity index is 554. The summed E-state index contributed by atoms with van der Waals surface area (Å²) in [5.41, 5.74) is 0.338. The van der Waals surface area contributed by atoms with Crippen LogP contribution in [-0.2, 0) is 42.1 Å². The molecule has 4 atom stereocenters. The Morgan fingerprint density at radius 2 is 1.07 bits per heavy atom. The fourth-order valence-corrected chi connectivity index (χ4v) is 2.45. The molecule has 156 valence electrons. The second kappa shape index (κ2) is 11.3. The van der Waals surface area contributed by atoms with E-state index in [0.717, 1.165) is 0 Å². The number of phosphoric ester groups is 1. The molecule has 0 aromatic carbocycles. The van der Waals surface area contributed by atoms with Gasteiger partial charge in [0.2, 0.25) is 12.6 Å². The summed E-state index contributed by atoms with van der Waals surface area (Å²) in [6.45, 7) is 15.2. The maximum atomic E-state index is 12.0. The number of hydrogen-bond acceptors (Lipinski definition) is 9. The molecule has 0 aliphatic heterocycles. The third-order valence-corrected chi connectivity index (χ3v) is 3.70. The first kappa shape index (κ1) is 25.4. The van der Waals surface area contributed by atoms with E-state index in [1.54, 1.807) is 0 Å². The van der Waals surface area contributed by atoms with Crippen molar-refractivity contribution in [3.63, 3.8) is 0 Å². The summed E-state index contributed by atoms with van der Waals surface area (Å²) in [7, 11) is -4.59. The SMILES string of the molecule is C=C(C)C(=O)OC(C)OC(C)OP(=O)(O)OC(C)OC(C)OC(=O)C(=C)C. The Balaban J connectivity index is 4.46. The maximum Gasteiger partial charge on any atom is 0.476 e. The molecule has 1 N–H and O–H groups in total. The molecule has 0 aliphatic carbocycles. The highest BCUT2D eigenvalue weighted by Gasteiger charge is 2.30. The maximum absolute atomic E-state index is 12.0. The van der Waals surface area contributed by atoms with Gasteiger partial charge in [-0.15, -0.1) is 0 Å². The lowest BCUT2D eigenvalue weighted by Gasteiger charge is -2.24. The number of carbonyl (C=O) groups excluding carboxylic acids is 2. The second-order valence-corrected chi connectivity index (χ2v) is 6.95. The number of esters is 2. The van der Waals surface area contributed by atoms with Crippen molar-refractivity contribution in [2.24, 2.45) is 0 Å². The molecule has 0 aromatic heterocycles. The Morgan fingerprint density at radius 3 is 1.33 bits per heavy atom. The van der Waals surface area contributed by atoms with Crippen LogP contribution in [0.5, 0.6) is 0 Å². The molecule has 0 spiro atoms. The van der Waals surface area contributed by atoms with E-state index in [2.05, 4.69) is 13.2 Å². The monoisotopic (exact) mass is 410 g/mol. The molecule has 4 unspecified atom stereocenters. The lowest BCUT2D eigenvalue weighted by Crippen LogP contribution is -2.26. The van der Waals surface area contributed by atoms with Crippen molar-refractivity contribution in [2.45, 2.75) is 66.7 Å². The van der Waals surface area contributed by atoms with Crippen molar-refractivity contribution in [3.05, 3.63) is 24.3 Å². The summed E-state index contributed by atoms with van der Waals surface area (Å²) in [5.74, 6) is -1.36. The summed E-state index contributed by atoms with van der Waals surface area (Å²) < 4.78 is 41.4. The van der Waals surface area contributed by atoms with Crippen LogP contribution in [0.4, 0.5) is 0 Å². The minimum atomic E-state index is -4.59. The second-order valence-electron chi connectivity index (χ2n) is 5.59. The number of phosphoric acid groups is 1. The van der Waals surface area contributed by atoms with Gasteiger partial charge in [0, 0.05) is 11.1 Å². The standard InChI is InChI=1S/C16H27O10P/c1-9(2)15(17)23-11(5)21-13(7)25-27(19,20)26-14(8)22-12(6)24-16(18)10(3)4/h11-14H,1,3H2,2,4-8H3,(H,19,20). The minimum Gasteiger partial charge on any atom is -0.433 e. The van der Waals surface area contributed by atoms with E-state index >= 15 is 0 Å². The largest absolute Gasteiger partial charge is 0.476 e. The third kappa shape index (κ3) is 11.7. The molecule has 0 fully saturated rings. The van der Waals surface area contributed by atoms with Gasteiger partial charge in [-0.1, -0.05) is 13.2 Å². The topological polar surface area (TPSA) is 127 Å². The Morgan fingerprint density at radius 1 is 0.778 bits per heavy atom. The molecular weight excluding hydrogens is 383 g/mol. The van der Waals surface area contributed by atoms with Crippen LogP contribution in [0.1, 0.15) is 41.5 Å². The van der Waals surface area contributed by atoms with E-state index < -0.39 is 44.9 Å². The van der Waals surface area contributed by atoms with Gasteiger partial charge in [0.25, 0.3) is 0 Å². The van der Waals surface area contributed by atoms with Gasteiger partial charge in [-0.2, -0.15) is 0 Å². The van der Waals surface area contributed by atoms with Crippen LogP contribution in [-0.4, -0.2) is 42.0 Å². The molecule has 0 amide bonds. The van der Waals surface area contributed by atoms with E-state index in [1.807, 2.05) is 0 Å². The van der Waals surface area contributed by atoms with Crippen LogP contribution in [0.2, 0.25) is 0 Å². The molecule has 0 bridgehead atoms. The summed E-state index contributed by atoms with van der Waals surface area (Å²) in [6.07, 6.45) is -4.61. The van der Waals surface area contributed by atoms with E-state index in [-0.39, 0.29) is 11.1 Å². The quantitative estimate of drug-likeness (QED) is 0.222. The highest BCUT2D eigenvalue weighted by molar-refractivity contribution is 7.47. The Labute approximate surface area is 158 Å².